The van der Waals surface area contributed by atoms with Crippen molar-refractivity contribution in [3.8, 4) is 11.1 Å². The van der Waals surface area contributed by atoms with Crippen LogP contribution in [0.2, 0.25) is 0 Å². The summed E-state index contributed by atoms with van der Waals surface area (Å²) < 4.78 is 0. The molecule has 1 aliphatic rings. The standard InChI is InChI=1S/C38H34N2/c1-29-13-21-35(22-14-29)39(33-9-5-3-6-10-33)37-25-17-31(18-26-37)32-19-27-38(28-20-32)40(34-11-7-4-8-12-34)36-23-15-30(2)16-24-36/h3-7,9-11,13-28H,8,12H2,1-2H3. The van der Waals surface area contributed by atoms with Crippen LogP contribution in [0.25, 0.3) is 11.1 Å². The van der Waals surface area contributed by atoms with Crippen LogP contribution < -0.4 is 9.80 Å². The summed E-state index contributed by atoms with van der Waals surface area (Å²) >= 11 is 0. The minimum atomic E-state index is 1.03. The molecule has 0 aromatic heterocycles. The van der Waals surface area contributed by atoms with Gasteiger partial charge in [0.2, 0.25) is 0 Å². The molecule has 0 fully saturated rings. The number of anilines is 5. The second-order valence-corrected chi connectivity index (χ2v) is 10.4. The molecule has 0 amide bonds. The summed E-state index contributed by atoms with van der Waals surface area (Å²) in [7, 11) is 0. The van der Waals surface area contributed by atoms with E-state index in [9.17, 15) is 0 Å². The summed E-state index contributed by atoms with van der Waals surface area (Å²) in [5.41, 5.74) is 12.1. The number of allylic oxidation sites excluding steroid dienone is 4. The number of para-hydroxylation sites is 1. The first-order chi connectivity index (χ1) is 19.7. The fraction of sp³-hybridized carbons (Fsp3) is 0.105. The average Bonchev–Trinajstić information content (AvgIpc) is 3.01. The summed E-state index contributed by atoms with van der Waals surface area (Å²) in [5.74, 6) is 0. The molecule has 0 heterocycles. The molecule has 5 aromatic carbocycles. The van der Waals surface area contributed by atoms with Crippen molar-refractivity contribution in [2.75, 3.05) is 9.80 Å². The van der Waals surface area contributed by atoms with Gasteiger partial charge >= 0.3 is 0 Å². The predicted molar refractivity (Wildman–Crippen MR) is 171 cm³/mol. The minimum Gasteiger partial charge on any atom is -0.314 e. The van der Waals surface area contributed by atoms with Gasteiger partial charge in [0, 0.05) is 34.1 Å². The molecule has 196 valence electrons. The Morgan fingerprint density at radius 3 is 1.32 bits per heavy atom. The van der Waals surface area contributed by atoms with Crippen LogP contribution in [0.5, 0.6) is 0 Å². The molecule has 2 nitrogen and oxygen atoms in total. The molecular formula is C38H34N2. The van der Waals surface area contributed by atoms with E-state index < -0.39 is 0 Å². The summed E-state index contributed by atoms with van der Waals surface area (Å²) in [5, 5.41) is 0. The molecule has 0 radical (unpaired) electrons. The third-order valence-corrected chi connectivity index (χ3v) is 7.46. The highest BCUT2D eigenvalue weighted by molar-refractivity contribution is 5.79. The Labute approximate surface area is 238 Å². The highest BCUT2D eigenvalue weighted by Gasteiger charge is 2.16. The van der Waals surface area contributed by atoms with Crippen LogP contribution in [0.4, 0.5) is 28.4 Å². The lowest BCUT2D eigenvalue weighted by atomic mass is 10.0. The van der Waals surface area contributed by atoms with E-state index in [0.717, 1.165) is 29.9 Å². The van der Waals surface area contributed by atoms with E-state index >= 15 is 0 Å². The highest BCUT2D eigenvalue weighted by atomic mass is 15.2. The molecule has 0 N–H and O–H groups in total. The molecule has 0 spiro atoms. The van der Waals surface area contributed by atoms with Crippen molar-refractivity contribution in [3.63, 3.8) is 0 Å². The van der Waals surface area contributed by atoms with Gasteiger partial charge in [-0.3, -0.25) is 0 Å². The third kappa shape index (κ3) is 5.48. The van der Waals surface area contributed by atoms with E-state index in [2.05, 4.69) is 169 Å². The topological polar surface area (TPSA) is 6.48 Å². The van der Waals surface area contributed by atoms with Crippen LogP contribution in [0.3, 0.4) is 0 Å². The van der Waals surface area contributed by atoms with Gasteiger partial charge in [0.05, 0.1) is 0 Å². The first kappa shape index (κ1) is 25.5. The van der Waals surface area contributed by atoms with Gasteiger partial charge in [-0.25, -0.2) is 0 Å². The van der Waals surface area contributed by atoms with Gasteiger partial charge in [0.25, 0.3) is 0 Å². The van der Waals surface area contributed by atoms with Gasteiger partial charge < -0.3 is 9.80 Å². The number of nitrogens with zero attached hydrogens (tertiary/aromatic N) is 2. The van der Waals surface area contributed by atoms with E-state index in [0.29, 0.717) is 0 Å². The van der Waals surface area contributed by atoms with Gasteiger partial charge in [0.1, 0.15) is 0 Å². The van der Waals surface area contributed by atoms with Crippen molar-refractivity contribution in [1.29, 1.82) is 0 Å². The van der Waals surface area contributed by atoms with Gasteiger partial charge in [-0.05, 0) is 105 Å². The fourth-order valence-corrected chi connectivity index (χ4v) is 5.27. The second kappa shape index (κ2) is 11.5. The van der Waals surface area contributed by atoms with Gasteiger partial charge in [-0.2, -0.15) is 0 Å². The molecule has 0 aliphatic heterocycles. The quantitative estimate of drug-likeness (QED) is 0.211. The number of benzene rings is 5. The maximum absolute atomic E-state index is 2.38. The molecule has 0 saturated heterocycles. The van der Waals surface area contributed by atoms with Crippen molar-refractivity contribution in [2.45, 2.75) is 26.7 Å². The zero-order valence-corrected chi connectivity index (χ0v) is 23.2. The number of hydrogen-bond donors (Lipinski definition) is 0. The minimum absolute atomic E-state index is 1.03. The number of rotatable bonds is 7. The van der Waals surface area contributed by atoms with E-state index in [4.69, 9.17) is 0 Å². The maximum Gasteiger partial charge on any atom is 0.0462 e. The zero-order valence-electron chi connectivity index (χ0n) is 23.2. The summed E-state index contributed by atoms with van der Waals surface area (Å²) in [6.45, 7) is 4.26. The summed E-state index contributed by atoms with van der Waals surface area (Å²) in [4.78, 5) is 4.69. The molecule has 0 atom stereocenters. The largest absolute Gasteiger partial charge is 0.314 e. The van der Waals surface area contributed by atoms with Crippen molar-refractivity contribution < 1.29 is 0 Å². The van der Waals surface area contributed by atoms with Crippen LogP contribution in [-0.2, 0) is 0 Å². The molecule has 0 unspecified atom stereocenters. The second-order valence-electron chi connectivity index (χ2n) is 10.4. The van der Waals surface area contributed by atoms with Gasteiger partial charge in [0.15, 0.2) is 0 Å². The molecule has 40 heavy (non-hydrogen) atoms. The van der Waals surface area contributed by atoms with E-state index in [1.807, 2.05) is 0 Å². The molecule has 1 aliphatic carbocycles. The Morgan fingerprint density at radius 2 is 0.875 bits per heavy atom. The Hall–Kier alpha value is -4.82. The van der Waals surface area contributed by atoms with Crippen LogP contribution in [0.15, 0.2) is 151 Å². The summed E-state index contributed by atoms with van der Waals surface area (Å²) in [6.07, 6.45) is 8.75. The Bertz CT molecular complexity index is 1610. The maximum atomic E-state index is 2.38. The number of aryl methyl sites for hydroxylation is 2. The third-order valence-electron chi connectivity index (χ3n) is 7.46. The molecular weight excluding hydrogens is 484 g/mol. The van der Waals surface area contributed by atoms with E-state index in [-0.39, 0.29) is 0 Å². The van der Waals surface area contributed by atoms with Crippen molar-refractivity contribution in [1.82, 2.24) is 0 Å². The lowest BCUT2D eigenvalue weighted by Gasteiger charge is -2.29. The van der Waals surface area contributed by atoms with Gasteiger partial charge in [-0.15, -0.1) is 0 Å². The van der Waals surface area contributed by atoms with Crippen LogP contribution in [-0.4, -0.2) is 0 Å². The SMILES string of the molecule is Cc1ccc(N(C2=CC=CCC2)c2ccc(-c3ccc(N(c4ccccc4)c4ccc(C)cc4)cc3)cc2)cc1. The first-order valence-corrected chi connectivity index (χ1v) is 14.0. The molecule has 0 saturated carbocycles. The van der Waals surface area contributed by atoms with Crippen LogP contribution in [0.1, 0.15) is 24.0 Å². The van der Waals surface area contributed by atoms with Crippen molar-refractivity contribution in [3.05, 3.63) is 162 Å². The summed E-state index contributed by atoms with van der Waals surface area (Å²) in [6, 6.07) is 45.9. The lowest BCUT2D eigenvalue weighted by molar-refractivity contribution is 0.917. The smallest absolute Gasteiger partial charge is 0.0462 e. The van der Waals surface area contributed by atoms with Crippen LogP contribution >= 0.6 is 0 Å². The van der Waals surface area contributed by atoms with E-state index in [1.165, 1.54) is 39.3 Å². The Kier molecular flexibility index (Phi) is 7.32. The molecule has 2 heteroatoms. The van der Waals surface area contributed by atoms with Crippen molar-refractivity contribution in [2.24, 2.45) is 0 Å². The average molecular weight is 519 g/mol. The lowest BCUT2D eigenvalue weighted by Crippen LogP contribution is -2.17. The van der Waals surface area contributed by atoms with Gasteiger partial charge in [-0.1, -0.05) is 90.0 Å². The Balaban J connectivity index is 1.30. The van der Waals surface area contributed by atoms with Crippen LogP contribution in [0, 0.1) is 13.8 Å². The normalized spacial score (nSPS) is 12.6. The molecule has 5 aromatic rings. The number of hydrogen-bond acceptors (Lipinski definition) is 2. The first-order valence-electron chi connectivity index (χ1n) is 14.0. The molecule has 0 bridgehead atoms. The molecule has 6 rings (SSSR count). The predicted octanol–water partition coefficient (Wildman–Crippen LogP) is 10.8. The van der Waals surface area contributed by atoms with Crippen molar-refractivity contribution >= 4 is 28.4 Å². The fourth-order valence-electron chi connectivity index (χ4n) is 5.27. The Morgan fingerprint density at radius 1 is 0.450 bits per heavy atom. The monoisotopic (exact) mass is 518 g/mol. The highest BCUT2D eigenvalue weighted by Crippen LogP contribution is 2.37. The van der Waals surface area contributed by atoms with E-state index in [1.54, 1.807) is 0 Å². The zero-order chi connectivity index (χ0) is 27.3.